The van der Waals surface area contributed by atoms with Crippen LogP contribution in [0.1, 0.15) is 28.8 Å². The van der Waals surface area contributed by atoms with Crippen LogP contribution in [0.4, 0.5) is 0 Å². The highest BCUT2D eigenvalue weighted by Gasteiger charge is 2.25. The summed E-state index contributed by atoms with van der Waals surface area (Å²) in [5.74, 6) is 1.82. The number of nitrogens with one attached hydrogen (secondary N) is 1. The molecule has 2 heterocycles. The van der Waals surface area contributed by atoms with Crippen LogP contribution in [0, 0.1) is 5.92 Å². The minimum absolute atomic E-state index is 0.225. The number of fused-ring (bicyclic) bond motifs is 1. The van der Waals surface area contributed by atoms with E-state index in [0.717, 1.165) is 72.1 Å². The molecule has 1 aromatic heterocycles. The van der Waals surface area contributed by atoms with Crippen molar-refractivity contribution in [1.29, 1.82) is 0 Å². The number of hydrogen-bond donors (Lipinski definition) is 1. The van der Waals surface area contributed by atoms with E-state index >= 15 is 0 Å². The highest BCUT2D eigenvalue weighted by atomic mass is 35.5. The largest absolute Gasteiger partial charge is 0.485 e. The van der Waals surface area contributed by atoms with Crippen LogP contribution >= 0.6 is 11.6 Å². The molecule has 1 aliphatic carbocycles. The molecule has 0 saturated carbocycles. The van der Waals surface area contributed by atoms with Gasteiger partial charge in [-0.3, -0.25) is 4.68 Å². The summed E-state index contributed by atoms with van der Waals surface area (Å²) in [5, 5.41) is 9.39. The molecule has 1 N–H and O–H groups in total. The lowest BCUT2D eigenvalue weighted by Gasteiger charge is -2.23. The molecule has 1 atom stereocenters. The van der Waals surface area contributed by atoms with Gasteiger partial charge in [0.2, 0.25) is 0 Å². The van der Waals surface area contributed by atoms with Gasteiger partial charge in [-0.2, -0.15) is 5.10 Å². The number of ether oxygens (including phenoxy) is 2. The van der Waals surface area contributed by atoms with Crippen molar-refractivity contribution in [3.63, 3.8) is 0 Å². The van der Waals surface area contributed by atoms with E-state index < -0.39 is 0 Å². The maximum absolute atomic E-state index is 6.38. The van der Waals surface area contributed by atoms with Gasteiger partial charge < -0.3 is 14.8 Å². The van der Waals surface area contributed by atoms with Crippen LogP contribution in [0.25, 0.3) is 11.3 Å². The molecule has 5 nitrogen and oxygen atoms in total. The van der Waals surface area contributed by atoms with Crippen molar-refractivity contribution in [3.8, 4) is 11.3 Å². The fourth-order valence-corrected chi connectivity index (χ4v) is 5.54. The standard InChI is InChI=1S/C34H34ClN3O2/c35-29-14-12-28(13-15-29)34-30-17-19-36-20-18-31(30)37-38(34)22-27-11-16-32(39-23-25-7-3-1-4-8-25)33(21-27)40-24-26-9-5-2-6-10-26/h1-10,12-16,21,27,36H,11,17-20,22-24H2. The smallest absolute Gasteiger partial charge is 0.157 e. The Morgan fingerprint density at radius 1 is 0.800 bits per heavy atom. The molecule has 0 spiro atoms. The lowest BCUT2D eigenvalue weighted by atomic mass is 9.97. The van der Waals surface area contributed by atoms with Crippen LogP contribution in [0.3, 0.4) is 0 Å². The third-order valence-corrected chi connectivity index (χ3v) is 7.71. The Bertz CT molecular complexity index is 1480. The molecule has 0 fully saturated rings. The minimum atomic E-state index is 0.225. The Kier molecular flexibility index (Phi) is 8.31. The second-order valence-corrected chi connectivity index (χ2v) is 10.8. The second kappa shape index (κ2) is 12.6. The third-order valence-electron chi connectivity index (χ3n) is 7.46. The Labute approximate surface area is 241 Å². The van der Waals surface area contributed by atoms with E-state index in [-0.39, 0.29) is 5.92 Å². The Morgan fingerprint density at radius 2 is 1.45 bits per heavy atom. The monoisotopic (exact) mass is 551 g/mol. The number of nitrogens with zero attached hydrogens (tertiary/aromatic N) is 2. The number of rotatable bonds is 9. The van der Waals surface area contributed by atoms with Crippen LogP contribution in [-0.2, 0) is 42.1 Å². The van der Waals surface area contributed by atoms with Crippen molar-refractivity contribution >= 4 is 11.6 Å². The molecule has 4 aromatic rings. The molecule has 3 aromatic carbocycles. The summed E-state index contributed by atoms with van der Waals surface area (Å²) in [4.78, 5) is 0. The third kappa shape index (κ3) is 6.33. The van der Waals surface area contributed by atoms with E-state index in [1.54, 1.807) is 0 Å². The maximum atomic E-state index is 6.38. The zero-order chi connectivity index (χ0) is 27.1. The highest BCUT2D eigenvalue weighted by molar-refractivity contribution is 6.30. The lowest BCUT2D eigenvalue weighted by Crippen LogP contribution is -2.19. The van der Waals surface area contributed by atoms with Crippen LogP contribution in [0.15, 0.2) is 109 Å². The normalized spacial score (nSPS) is 16.9. The Hall–Kier alpha value is -3.80. The first-order valence-electron chi connectivity index (χ1n) is 14.0. The molecule has 0 amide bonds. The zero-order valence-corrected chi connectivity index (χ0v) is 23.3. The lowest BCUT2D eigenvalue weighted by molar-refractivity contribution is 0.130. The van der Waals surface area contributed by atoms with E-state index in [0.29, 0.717) is 13.2 Å². The van der Waals surface area contributed by atoms with E-state index in [9.17, 15) is 0 Å². The van der Waals surface area contributed by atoms with Crippen molar-refractivity contribution < 1.29 is 9.47 Å². The topological polar surface area (TPSA) is 48.3 Å². The Balaban J connectivity index is 1.26. The highest BCUT2D eigenvalue weighted by Crippen LogP contribution is 2.33. The van der Waals surface area contributed by atoms with E-state index in [2.05, 4.69) is 58.5 Å². The van der Waals surface area contributed by atoms with E-state index in [1.165, 1.54) is 17.0 Å². The van der Waals surface area contributed by atoms with Crippen molar-refractivity contribution in [2.75, 3.05) is 13.1 Å². The van der Waals surface area contributed by atoms with E-state index in [1.807, 2.05) is 48.5 Å². The van der Waals surface area contributed by atoms with Gasteiger partial charge in [0.05, 0.1) is 11.4 Å². The van der Waals surface area contributed by atoms with Gasteiger partial charge in [0.1, 0.15) is 13.2 Å². The van der Waals surface area contributed by atoms with Gasteiger partial charge in [-0.05, 0) is 54.8 Å². The summed E-state index contributed by atoms with van der Waals surface area (Å²) in [6.45, 7) is 3.67. The first kappa shape index (κ1) is 26.4. The SMILES string of the molecule is Clc1ccc(-c2c3c(nn2CC2C=C(OCc4ccccc4)C(OCc4ccccc4)=CC2)CCNCC3)cc1. The summed E-state index contributed by atoms with van der Waals surface area (Å²) >= 11 is 6.23. The molecule has 204 valence electrons. The van der Waals surface area contributed by atoms with Crippen molar-refractivity contribution in [3.05, 3.63) is 136 Å². The number of hydrogen-bond acceptors (Lipinski definition) is 4. The molecule has 0 radical (unpaired) electrons. The fraction of sp³-hybridized carbons (Fsp3) is 0.265. The average molecular weight is 552 g/mol. The van der Waals surface area contributed by atoms with Gasteiger partial charge in [0, 0.05) is 41.6 Å². The van der Waals surface area contributed by atoms with Crippen molar-refractivity contribution in [2.24, 2.45) is 5.92 Å². The van der Waals surface area contributed by atoms with E-state index in [4.69, 9.17) is 26.2 Å². The van der Waals surface area contributed by atoms with Gasteiger partial charge in [0.15, 0.2) is 11.5 Å². The quantitative estimate of drug-likeness (QED) is 0.241. The Morgan fingerprint density at radius 3 is 2.15 bits per heavy atom. The molecular formula is C34H34ClN3O2. The molecule has 0 bridgehead atoms. The summed E-state index contributed by atoms with van der Waals surface area (Å²) in [6.07, 6.45) is 7.16. The van der Waals surface area contributed by atoms with Gasteiger partial charge in [-0.15, -0.1) is 0 Å². The number of halogens is 1. The van der Waals surface area contributed by atoms with Crippen LogP contribution in [0.2, 0.25) is 5.02 Å². The second-order valence-electron chi connectivity index (χ2n) is 10.4. The van der Waals surface area contributed by atoms with Crippen LogP contribution in [0.5, 0.6) is 0 Å². The number of allylic oxidation sites excluding steroid dienone is 2. The zero-order valence-electron chi connectivity index (χ0n) is 22.6. The van der Waals surface area contributed by atoms with Gasteiger partial charge >= 0.3 is 0 Å². The van der Waals surface area contributed by atoms with Crippen LogP contribution in [-0.4, -0.2) is 22.9 Å². The first-order chi connectivity index (χ1) is 19.7. The molecule has 1 aliphatic heterocycles. The van der Waals surface area contributed by atoms with Gasteiger partial charge in [-0.25, -0.2) is 0 Å². The summed E-state index contributed by atoms with van der Waals surface area (Å²) in [5.41, 5.74) is 7.15. The first-order valence-corrected chi connectivity index (χ1v) is 14.4. The van der Waals surface area contributed by atoms with Crippen LogP contribution < -0.4 is 5.32 Å². The average Bonchev–Trinajstić information content (AvgIpc) is 3.16. The van der Waals surface area contributed by atoms with Gasteiger partial charge in [0.25, 0.3) is 0 Å². The summed E-state index contributed by atoms with van der Waals surface area (Å²) in [6, 6.07) is 28.6. The molecular weight excluding hydrogens is 518 g/mol. The fourth-order valence-electron chi connectivity index (χ4n) is 5.41. The minimum Gasteiger partial charge on any atom is -0.485 e. The maximum Gasteiger partial charge on any atom is 0.157 e. The number of aromatic nitrogens is 2. The van der Waals surface area contributed by atoms with Crippen molar-refractivity contribution in [2.45, 2.75) is 39.0 Å². The molecule has 6 heteroatoms. The molecule has 6 rings (SSSR count). The predicted octanol–water partition coefficient (Wildman–Crippen LogP) is 7.11. The van der Waals surface area contributed by atoms with Gasteiger partial charge in [-0.1, -0.05) is 84.4 Å². The molecule has 40 heavy (non-hydrogen) atoms. The molecule has 1 unspecified atom stereocenters. The predicted molar refractivity (Wildman–Crippen MR) is 160 cm³/mol. The van der Waals surface area contributed by atoms with Crippen molar-refractivity contribution in [1.82, 2.24) is 15.1 Å². The summed E-state index contributed by atoms with van der Waals surface area (Å²) < 4.78 is 14.9. The molecule has 2 aliphatic rings. The number of benzene rings is 3. The molecule has 0 saturated heterocycles. The summed E-state index contributed by atoms with van der Waals surface area (Å²) in [7, 11) is 0.